The molecular weight excluding hydrogens is 511 g/mol. The van der Waals surface area contributed by atoms with Crippen LogP contribution in [0.2, 0.25) is 0 Å². The predicted molar refractivity (Wildman–Crippen MR) is 138 cm³/mol. The number of amides is 1. The Morgan fingerprint density at radius 2 is 1.79 bits per heavy atom. The lowest BCUT2D eigenvalue weighted by Crippen LogP contribution is -2.41. The molecule has 2 aliphatic heterocycles. The van der Waals surface area contributed by atoms with Crippen LogP contribution in [-0.4, -0.2) is 82.2 Å². The van der Waals surface area contributed by atoms with Crippen LogP contribution >= 0.6 is 0 Å². The molecule has 0 radical (unpaired) electrons. The molecule has 4 heterocycles. The van der Waals surface area contributed by atoms with Crippen molar-refractivity contribution in [2.24, 2.45) is 5.92 Å². The van der Waals surface area contributed by atoms with E-state index in [1.807, 2.05) is 4.90 Å². The van der Waals surface area contributed by atoms with Crippen molar-refractivity contribution in [1.82, 2.24) is 24.6 Å². The van der Waals surface area contributed by atoms with Gasteiger partial charge in [0, 0.05) is 44.2 Å². The van der Waals surface area contributed by atoms with Gasteiger partial charge in [-0.2, -0.15) is 18.3 Å². The molecule has 0 spiro atoms. The molecule has 5 rings (SSSR count). The Hall–Kier alpha value is -3.31. The smallest absolute Gasteiger partial charge is 0.379 e. The summed E-state index contributed by atoms with van der Waals surface area (Å²) in [5.74, 6) is 0.160. The number of likely N-dealkylation sites (tertiary alicyclic amines) is 1. The van der Waals surface area contributed by atoms with Crippen molar-refractivity contribution >= 4 is 22.6 Å². The minimum absolute atomic E-state index is 0.0282. The average molecular weight is 544 g/mol. The van der Waals surface area contributed by atoms with Crippen molar-refractivity contribution in [3.63, 3.8) is 0 Å². The molecule has 1 amide bonds. The number of alkyl halides is 3. The number of pyridine rings is 1. The maximum absolute atomic E-state index is 12.9. The van der Waals surface area contributed by atoms with Gasteiger partial charge in [0.05, 0.1) is 18.7 Å². The third-order valence-electron chi connectivity index (χ3n) is 7.53. The number of morpholine rings is 1. The zero-order valence-corrected chi connectivity index (χ0v) is 21.7. The van der Waals surface area contributed by atoms with Crippen LogP contribution in [0.5, 0.6) is 0 Å². The number of fused-ring (bicyclic) bond motifs is 1. The van der Waals surface area contributed by atoms with Crippen molar-refractivity contribution in [2.75, 3.05) is 45.9 Å². The number of carbonyl (C=O) groups excluding carboxylic acids is 2. The summed E-state index contributed by atoms with van der Waals surface area (Å²) in [6.45, 7) is 6.35. The summed E-state index contributed by atoms with van der Waals surface area (Å²) in [4.78, 5) is 33.4. The zero-order chi connectivity index (χ0) is 27.4. The Labute approximate surface area is 224 Å². The van der Waals surface area contributed by atoms with Crippen LogP contribution in [0, 0.1) is 5.92 Å². The van der Waals surface area contributed by atoms with E-state index in [0.29, 0.717) is 17.0 Å². The Morgan fingerprint density at radius 1 is 1.03 bits per heavy atom. The Morgan fingerprint density at radius 3 is 2.54 bits per heavy atom. The SMILES string of the molecule is O=C(Cc1ccc2nn(CC(=O)N3CCC(CCN4CCOCC4)CC3)cc2c1)c1cccc(C(F)(F)F)n1. The quantitative estimate of drug-likeness (QED) is 0.402. The van der Waals surface area contributed by atoms with Gasteiger partial charge in [-0.25, -0.2) is 4.98 Å². The molecule has 0 aliphatic carbocycles. The minimum Gasteiger partial charge on any atom is -0.379 e. The number of hydrogen-bond donors (Lipinski definition) is 0. The first kappa shape index (κ1) is 27.3. The molecule has 2 saturated heterocycles. The molecule has 0 atom stereocenters. The number of ketones is 1. The summed E-state index contributed by atoms with van der Waals surface area (Å²) in [6.07, 6.45) is 0.236. The number of carbonyl (C=O) groups is 2. The molecule has 0 unspecified atom stereocenters. The van der Waals surface area contributed by atoms with Gasteiger partial charge < -0.3 is 9.64 Å². The van der Waals surface area contributed by atoms with E-state index in [1.54, 1.807) is 29.1 Å². The van der Waals surface area contributed by atoms with Crippen molar-refractivity contribution < 1.29 is 27.5 Å². The van der Waals surface area contributed by atoms with Crippen LogP contribution in [0.15, 0.2) is 42.6 Å². The Bertz CT molecular complexity index is 1310. The first-order chi connectivity index (χ1) is 18.7. The second-order valence-corrected chi connectivity index (χ2v) is 10.3. The van der Waals surface area contributed by atoms with E-state index in [4.69, 9.17) is 4.74 Å². The summed E-state index contributed by atoms with van der Waals surface area (Å²) in [5.41, 5.74) is -0.00204. The van der Waals surface area contributed by atoms with E-state index < -0.39 is 17.7 Å². The lowest BCUT2D eigenvalue weighted by Gasteiger charge is -2.34. The fourth-order valence-electron chi connectivity index (χ4n) is 5.24. The number of aromatic nitrogens is 3. The monoisotopic (exact) mass is 543 g/mol. The zero-order valence-electron chi connectivity index (χ0n) is 21.7. The number of piperidine rings is 1. The molecule has 2 aromatic heterocycles. The molecule has 2 aliphatic rings. The van der Waals surface area contributed by atoms with Crippen molar-refractivity contribution in [3.8, 4) is 0 Å². The van der Waals surface area contributed by atoms with Gasteiger partial charge in [-0.3, -0.25) is 19.2 Å². The number of hydrogen-bond acceptors (Lipinski definition) is 6. The molecule has 0 saturated carbocycles. The van der Waals surface area contributed by atoms with Crippen molar-refractivity contribution in [2.45, 2.75) is 38.4 Å². The second kappa shape index (κ2) is 11.8. The molecule has 8 nitrogen and oxygen atoms in total. The Kier molecular flexibility index (Phi) is 8.27. The van der Waals surface area contributed by atoms with Crippen molar-refractivity contribution in [3.05, 3.63) is 59.5 Å². The highest BCUT2D eigenvalue weighted by molar-refractivity contribution is 5.96. The molecule has 0 N–H and O–H groups in total. The molecule has 3 aromatic rings. The van der Waals surface area contributed by atoms with Gasteiger partial charge >= 0.3 is 6.18 Å². The molecule has 11 heteroatoms. The first-order valence-electron chi connectivity index (χ1n) is 13.4. The average Bonchev–Trinajstić information content (AvgIpc) is 3.34. The summed E-state index contributed by atoms with van der Waals surface area (Å²) in [6, 6.07) is 8.54. The number of Topliss-reactive ketones (excluding diaryl/α,β-unsaturated/α-hetero) is 1. The van der Waals surface area contributed by atoms with E-state index in [2.05, 4.69) is 15.0 Å². The van der Waals surface area contributed by atoms with E-state index >= 15 is 0 Å². The summed E-state index contributed by atoms with van der Waals surface area (Å²) in [5, 5.41) is 5.25. The molecule has 0 bridgehead atoms. The van der Waals surface area contributed by atoms with Gasteiger partial charge in [-0.1, -0.05) is 12.1 Å². The summed E-state index contributed by atoms with van der Waals surface area (Å²) >= 11 is 0. The van der Waals surface area contributed by atoms with Gasteiger partial charge in [-0.15, -0.1) is 0 Å². The van der Waals surface area contributed by atoms with Gasteiger partial charge in [-0.05, 0) is 61.6 Å². The second-order valence-electron chi connectivity index (χ2n) is 10.3. The maximum Gasteiger partial charge on any atom is 0.433 e. The maximum atomic E-state index is 12.9. The number of ether oxygens (including phenoxy) is 1. The number of benzene rings is 1. The minimum atomic E-state index is -4.61. The highest BCUT2D eigenvalue weighted by Gasteiger charge is 2.33. The van der Waals surface area contributed by atoms with Crippen LogP contribution in [0.4, 0.5) is 13.2 Å². The standard InChI is InChI=1S/C28H32F3N5O3/c29-28(30,31)26-3-1-2-24(32-26)25(37)17-21-4-5-23-22(16-21)18-36(33-23)19-27(38)35-10-7-20(8-11-35)6-9-34-12-14-39-15-13-34/h1-5,16,18,20H,6-15,17,19H2. The van der Waals surface area contributed by atoms with E-state index in [-0.39, 0.29) is 24.6 Å². The van der Waals surface area contributed by atoms with Crippen molar-refractivity contribution in [1.29, 1.82) is 0 Å². The Balaban J connectivity index is 1.14. The molecule has 208 valence electrons. The first-order valence-corrected chi connectivity index (χ1v) is 13.4. The fraction of sp³-hybridized carbons (Fsp3) is 0.500. The number of nitrogens with zero attached hydrogens (tertiary/aromatic N) is 5. The molecule has 39 heavy (non-hydrogen) atoms. The molecule has 2 fully saturated rings. The topological polar surface area (TPSA) is 80.6 Å². The van der Waals surface area contributed by atoms with Crippen LogP contribution in [0.3, 0.4) is 0 Å². The van der Waals surface area contributed by atoms with Crippen LogP contribution in [0.25, 0.3) is 10.9 Å². The van der Waals surface area contributed by atoms with E-state index in [9.17, 15) is 22.8 Å². The third-order valence-corrected chi connectivity index (χ3v) is 7.53. The van der Waals surface area contributed by atoms with Gasteiger partial charge in [0.25, 0.3) is 0 Å². The number of halogens is 3. The highest BCUT2D eigenvalue weighted by Crippen LogP contribution is 2.28. The van der Waals surface area contributed by atoms with E-state index in [0.717, 1.165) is 76.7 Å². The predicted octanol–water partition coefficient (Wildman–Crippen LogP) is 3.84. The van der Waals surface area contributed by atoms with Crippen LogP contribution in [0.1, 0.15) is 41.0 Å². The lowest BCUT2D eigenvalue weighted by molar-refractivity contribution is -0.141. The molecule has 1 aromatic carbocycles. The van der Waals surface area contributed by atoms with Crippen LogP contribution in [-0.2, 0) is 28.7 Å². The van der Waals surface area contributed by atoms with Gasteiger partial charge in [0.1, 0.15) is 17.9 Å². The highest BCUT2D eigenvalue weighted by atomic mass is 19.4. The summed E-state index contributed by atoms with van der Waals surface area (Å²) < 4.78 is 45.8. The summed E-state index contributed by atoms with van der Waals surface area (Å²) in [7, 11) is 0. The third kappa shape index (κ3) is 7.02. The van der Waals surface area contributed by atoms with Gasteiger partial charge in [0.2, 0.25) is 5.91 Å². The molecular formula is C28H32F3N5O3. The fourth-order valence-corrected chi connectivity index (χ4v) is 5.24. The lowest BCUT2D eigenvalue weighted by atomic mass is 9.93. The normalized spacial score (nSPS) is 17.6. The van der Waals surface area contributed by atoms with Gasteiger partial charge in [0.15, 0.2) is 5.78 Å². The number of rotatable bonds is 8. The van der Waals surface area contributed by atoms with E-state index in [1.165, 1.54) is 12.1 Å². The van der Waals surface area contributed by atoms with Crippen LogP contribution < -0.4 is 0 Å². The largest absolute Gasteiger partial charge is 0.433 e.